The van der Waals surface area contributed by atoms with E-state index in [0.29, 0.717) is 0 Å². The molecule has 136 valence electrons. The lowest BCUT2D eigenvalue weighted by Crippen LogP contribution is -1.98. The van der Waals surface area contributed by atoms with E-state index in [1.54, 1.807) is 0 Å². The van der Waals surface area contributed by atoms with Gasteiger partial charge in [-0.25, -0.2) is 4.79 Å². The zero-order valence-corrected chi connectivity index (χ0v) is 14.8. The van der Waals surface area contributed by atoms with Crippen LogP contribution in [-0.2, 0) is 0 Å². The number of rotatable bonds is 4. The van der Waals surface area contributed by atoms with Crippen LogP contribution in [0.15, 0.2) is 36.4 Å². The maximum Gasteiger partial charge on any atom is 0.335 e. The van der Waals surface area contributed by atoms with Crippen molar-refractivity contribution in [1.29, 1.82) is 0 Å². The highest BCUT2D eigenvalue weighted by molar-refractivity contribution is 6.69. The molecular weight excluding hydrogens is 411 g/mol. The van der Waals surface area contributed by atoms with Crippen molar-refractivity contribution >= 4 is 56.5 Å². The van der Waals surface area contributed by atoms with Gasteiger partial charge in [0.2, 0.25) is 0 Å². The molecule has 2 aromatic rings. The van der Waals surface area contributed by atoms with Crippen molar-refractivity contribution in [1.82, 2.24) is 0 Å². The molecule has 0 aliphatic rings. The van der Waals surface area contributed by atoms with Gasteiger partial charge in [-0.1, -0.05) is 0 Å². The fourth-order valence-electron chi connectivity index (χ4n) is 1.69. The number of carboxylic acids is 1. The number of carbonyl (C=O) groups is 4. The Bertz CT molecular complexity index is 755. The summed E-state index contributed by atoms with van der Waals surface area (Å²) in [6.45, 7) is 0. The molecule has 7 nitrogen and oxygen atoms in total. The summed E-state index contributed by atoms with van der Waals surface area (Å²) in [5.74, 6) is -1.76. The molecule has 0 heterocycles. The minimum absolute atomic E-state index is 0.0330. The SMILES string of the molecule is O=C(Cl)c1cc(O)cc(C(=O)Cl)c1.O=C(O)c1cc(O)cc(C(=O)Cl)c1. The van der Waals surface area contributed by atoms with Gasteiger partial charge in [0.15, 0.2) is 0 Å². The molecule has 2 rings (SSSR count). The Labute approximate surface area is 161 Å². The summed E-state index contributed by atoms with van der Waals surface area (Å²) in [7, 11) is 0. The molecule has 0 spiro atoms. The van der Waals surface area contributed by atoms with E-state index in [-0.39, 0.29) is 33.8 Å². The maximum absolute atomic E-state index is 10.7. The van der Waals surface area contributed by atoms with Gasteiger partial charge in [-0.3, -0.25) is 14.4 Å². The van der Waals surface area contributed by atoms with Gasteiger partial charge in [0.1, 0.15) is 11.5 Å². The highest BCUT2D eigenvalue weighted by atomic mass is 35.5. The zero-order valence-electron chi connectivity index (χ0n) is 12.6. The summed E-state index contributed by atoms with van der Waals surface area (Å²) in [6, 6.07) is 6.74. The lowest BCUT2D eigenvalue weighted by atomic mass is 10.1. The number of hydrogen-bond donors (Lipinski definition) is 3. The second kappa shape index (κ2) is 9.19. The summed E-state index contributed by atoms with van der Waals surface area (Å²) < 4.78 is 0. The zero-order chi connectivity index (χ0) is 20.0. The lowest BCUT2D eigenvalue weighted by Gasteiger charge is -1.98. The maximum atomic E-state index is 10.7. The van der Waals surface area contributed by atoms with Crippen LogP contribution in [0.4, 0.5) is 0 Å². The van der Waals surface area contributed by atoms with Gasteiger partial charge in [0, 0.05) is 16.7 Å². The van der Waals surface area contributed by atoms with Crippen LogP contribution in [0, 0.1) is 0 Å². The van der Waals surface area contributed by atoms with Gasteiger partial charge in [-0.05, 0) is 71.2 Å². The van der Waals surface area contributed by atoms with E-state index >= 15 is 0 Å². The van der Waals surface area contributed by atoms with E-state index in [4.69, 9.17) is 50.1 Å². The number of benzene rings is 2. The van der Waals surface area contributed by atoms with Crippen LogP contribution in [-0.4, -0.2) is 37.0 Å². The first-order valence-electron chi connectivity index (χ1n) is 6.52. The van der Waals surface area contributed by atoms with Crippen LogP contribution in [0.25, 0.3) is 0 Å². The van der Waals surface area contributed by atoms with Crippen molar-refractivity contribution < 1.29 is 34.5 Å². The average molecular weight is 420 g/mol. The van der Waals surface area contributed by atoms with Gasteiger partial charge < -0.3 is 15.3 Å². The molecule has 10 heteroatoms. The number of carboxylic acid groups (broad SMARTS) is 1. The first-order chi connectivity index (χ1) is 12.0. The molecule has 0 aromatic heterocycles. The first-order valence-corrected chi connectivity index (χ1v) is 7.65. The molecular formula is C16H9Cl3O7. The van der Waals surface area contributed by atoms with E-state index < -0.39 is 21.7 Å². The second-order valence-corrected chi connectivity index (χ2v) is 5.69. The molecule has 0 aliphatic heterocycles. The van der Waals surface area contributed by atoms with E-state index in [1.165, 1.54) is 6.07 Å². The predicted molar refractivity (Wildman–Crippen MR) is 93.7 cm³/mol. The highest BCUT2D eigenvalue weighted by Gasteiger charge is 2.10. The molecule has 0 atom stereocenters. The van der Waals surface area contributed by atoms with Crippen molar-refractivity contribution in [3.63, 3.8) is 0 Å². The number of phenols is 2. The molecule has 0 radical (unpaired) electrons. The number of hydrogen-bond acceptors (Lipinski definition) is 6. The molecule has 0 aliphatic carbocycles. The number of aromatic carboxylic acids is 1. The number of phenolic OH excluding ortho intramolecular Hbond substituents is 2. The topological polar surface area (TPSA) is 129 Å². The molecule has 0 saturated carbocycles. The standard InChI is InChI=1S/C8H4Cl2O3.C8H5ClO4/c9-7(12)4-1-5(8(10)13)3-6(11)2-4;9-7(11)4-1-5(8(12)13)3-6(10)2-4/h1-3,11H;1-3,10H,(H,12,13). The van der Waals surface area contributed by atoms with Crippen molar-refractivity contribution in [2.24, 2.45) is 0 Å². The third-order valence-electron chi connectivity index (χ3n) is 2.76. The molecule has 3 N–H and O–H groups in total. The Morgan fingerprint density at radius 2 is 0.846 bits per heavy atom. The molecule has 0 fully saturated rings. The molecule has 2 aromatic carbocycles. The summed E-state index contributed by atoms with van der Waals surface area (Å²) >= 11 is 15.4. The molecule has 0 bridgehead atoms. The predicted octanol–water partition coefficient (Wildman–Crippen LogP) is 3.62. The van der Waals surface area contributed by atoms with Crippen LogP contribution in [0.1, 0.15) is 41.4 Å². The van der Waals surface area contributed by atoms with Gasteiger partial charge in [0.05, 0.1) is 5.56 Å². The second-order valence-electron chi connectivity index (χ2n) is 4.66. The largest absolute Gasteiger partial charge is 0.508 e. The van der Waals surface area contributed by atoms with Crippen LogP contribution in [0.5, 0.6) is 11.5 Å². The minimum atomic E-state index is -1.23. The van der Waals surface area contributed by atoms with E-state index in [2.05, 4.69) is 0 Å². The third-order valence-corrected chi connectivity index (χ3v) is 3.42. The van der Waals surface area contributed by atoms with Crippen molar-refractivity contribution in [3.8, 4) is 11.5 Å². The van der Waals surface area contributed by atoms with E-state index in [1.807, 2.05) is 0 Å². The number of aromatic hydroxyl groups is 2. The fraction of sp³-hybridized carbons (Fsp3) is 0. The minimum Gasteiger partial charge on any atom is -0.508 e. The van der Waals surface area contributed by atoms with Crippen LogP contribution >= 0.6 is 34.8 Å². The smallest absolute Gasteiger partial charge is 0.335 e. The molecule has 26 heavy (non-hydrogen) atoms. The van der Waals surface area contributed by atoms with Gasteiger partial charge in [-0.2, -0.15) is 0 Å². The van der Waals surface area contributed by atoms with Crippen LogP contribution in [0.3, 0.4) is 0 Å². The monoisotopic (exact) mass is 418 g/mol. The lowest BCUT2D eigenvalue weighted by molar-refractivity contribution is 0.0696. The van der Waals surface area contributed by atoms with Crippen molar-refractivity contribution in [3.05, 3.63) is 58.7 Å². The summed E-state index contributed by atoms with van der Waals surface area (Å²) in [5, 5.41) is 24.3. The first kappa shape index (κ1) is 21.4. The highest BCUT2D eigenvalue weighted by Crippen LogP contribution is 2.19. The van der Waals surface area contributed by atoms with Gasteiger partial charge in [-0.15, -0.1) is 0 Å². The Morgan fingerprint density at radius 3 is 1.12 bits per heavy atom. The summed E-state index contributed by atoms with van der Waals surface area (Å²) in [4.78, 5) is 42.4. The Balaban J connectivity index is 0.000000260. The Hall–Kier alpha value is -2.61. The Morgan fingerprint density at radius 1 is 0.577 bits per heavy atom. The van der Waals surface area contributed by atoms with Gasteiger partial charge in [0.25, 0.3) is 15.7 Å². The van der Waals surface area contributed by atoms with Crippen molar-refractivity contribution in [2.45, 2.75) is 0 Å². The van der Waals surface area contributed by atoms with E-state index in [0.717, 1.165) is 30.3 Å². The summed E-state index contributed by atoms with van der Waals surface area (Å²) in [5.41, 5.74) is -0.153. The van der Waals surface area contributed by atoms with Crippen LogP contribution < -0.4 is 0 Å². The average Bonchev–Trinajstić information content (AvgIpc) is 2.54. The van der Waals surface area contributed by atoms with Crippen molar-refractivity contribution in [2.75, 3.05) is 0 Å². The molecule has 0 unspecified atom stereocenters. The van der Waals surface area contributed by atoms with E-state index in [9.17, 15) is 19.2 Å². The van der Waals surface area contributed by atoms with Crippen LogP contribution in [0.2, 0.25) is 0 Å². The Kier molecular flexibility index (Phi) is 7.57. The third kappa shape index (κ3) is 6.36. The quantitative estimate of drug-likeness (QED) is 0.645. The fourth-order valence-corrected chi connectivity index (χ4v) is 2.01. The van der Waals surface area contributed by atoms with Gasteiger partial charge >= 0.3 is 5.97 Å². The normalized spacial score (nSPS) is 9.65. The molecule has 0 amide bonds. The number of halogens is 3. The number of carbonyl (C=O) groups excluding carboxylic acids is 3. The summed E-state index contributed by atoms with van der Waals surface area (Å²) in [6.07, 6.45) is 0. The molecule has 0 saturated heterocycles.